The second-order valence-electron chi connectivity index (χ2n) is 6.45. The first kappa shape index (κ1) is 16.8. The van der Waals surface area contributed by atoms with Gasteiger partial charge < -0.3 is 14.9 Å². The summed E-state index contributed by atoms with van der Waals surface area (Å²) < 4.78 is 0. The van der Waals surface area contributed by atoms with E-state index in [4.69, 9.17) is 0 Å². The largest absolute Gasteiger partial charge is 0.508 e. The highest BCUT2D eigenvalue weighted by Gasteiger charge is 2.35. The molecule has 0 aromatic heterocycles. The lowest BCUT2D eigenvalue weighted by atomic mass is 9.89. The molecule has 3 nitrogen and oxygen atoms in total. The molecule has 0 spiro atoms. The van der Waals surface area contributed by atoms with Crippen LogP contribution in [0.3, 0.4) is 0 Å². The molecule has 1 aliphatic heterocycles. The van der Waals surface area contributed by atoms with E-state index in [0.29, 0.717) is 5.75 Å². The van der Waals surface area contributed by atoms with E-state index in [9.17, 15) is 10.00 Å². The van der Waals surface area contributed by atoms with E-state index in [-0.39, 0.29) is 14.8 Å². The molecule has 2 N–H and O–H groups in total. The first-order valence-electron chi connectivity index (χ1n) is 8.53. The van der Waals surface area contributed by atoms with Crippen molar-refractivity contribution in [1.29, 1.82) is 0 Å². The SMILES string of the molecule is C=C1CC(c2ccc(-c3ccc(PO)cc3)cc2O)N1c1ccccc1. The van der Waals surface area contributed by atoms with Crippen LogP contribution in [0, 0.1) is 0 Å². The molecule has 4 heteroatoms. The number of phenols is 1. The molecule has 1 fully saturated rings. The highest BCUT2D eigenvalue weighted by Crippen LogP contribution is 2.47. The van der Waals surface area contributed by atoms with Gasteiger partial charge in [-0.1, -0.05) is 61.2 Å². The van der Waals surface area contributed by atoms with E-state index in [1.807, 2.05) is 60.7 Å². The van der Waals surface area contributed by atoms with Gasteiger partial charge in [0.15, 0.2) is 0 Å². The maximum absolute atomic E-state index is 10.6. The summed E-state index contributed by atoms with van der Waals surface area (Å²) in [6.45, 7) is 4.13. The van der Waals surface area contributed by atoms with Crippen molar-refractivity contribution >= 4 is 19.8 Å². The van der Waals surface area contributed by atoms with Crippen LogP contribution in [-0.4, -0.2) is 10.00 Å². The third-order valence-corrected chi connectivity index (χ3v) is 5.44. The first-order chi connectivity index (χ1) is 12.7. The molecule has 4 rings (SSSR count). The van der Waals surface area contributed by atoms with Gasteiger partial charge >= 0.3 is 0 Å². The smallest absolute Gasteiger partial charge is 0.121 e. The van der Waals surface area contributed by atoms with Crippen molar-refractivity contribution in [3.63, 3.8) is 0 Å². The van der Waals surface area contributed by atoms with Crippen molar-refractivity contribution in [2.24, 2.45) is 0 Å². The van der Waals surface area contributed by atoms with Crippen LogP contribution in [0.4, 0.5) is 5.69 Å². The fourth-order valence-corrected chi connectivity index (χ4v) is 3.78. The minimum Gasteiger partial charge on any atom is -0.508 e. The van der Waals surface area contributed by atoms with Gasteiger partial charge in [-0.05, 0) is 34.6 Å². The Morgan fingerprint density at radius 1 is 0.923 bits per heavy atom. The first-order valence-corrected chi connectivity index (χ1v) is 9.47. The molecule has 0 radical (unpaired) electrons. The van der Waals surface area contributed by atoms with Gasteiger partial charge in [0.1, 0.15) is 5.75 Å². The van der Waals surface area contributed by atoms with Crippen LogP contribution in [0.2, 0.25) is 0 Å². The summed E-state index contributed by atoms with van der Waals surface area (Å²) in [5.41, 5.74) is 5.05. The van der Waals surface area contributed by atoms with E-state index in [2.05, 4.69) is 23.6 Å². The average Bonchev–Trinajstić information content (AvgIpc) is 2.67. The Bertz CT molecular complexity index is 938. The zero-order valence-electron chi connectivity index (χ0n) is 14.3. The van der Waals surface area contributed by atoms with E-state index in [0.717, 1.165) is 39.8 Å². The molecule has 0 bridgehead atoms. The van der Waals surface area contributed by atoms with Crippen molar-refractivity contribution in [2.75, 3.05) is 4.90 Å². The Morgan fingerprint density at radius 2 is 1.62 bits per heavy atom. The van der Waals surface area contributed by atoms with Crippen molar-refractivity contribution in [1.82, 2.24) is 0 Å². The van der Waals surface area contributed by atoms with Crippen molar-refractivity contribution < 1.29 is 10.00 Å². The summed E-state index contributed by atoms with van der Waals surface area (Å²) >= 11 is 0. The second kappa shape index (κ2) is 6.95. The molecule has 130 valence electrons. The monoisotopic (exact) mass is 361 g/mol. The molecule has 0 aliphatic carbocycles. The van der Waals surface area contributed by atoms with Gasteiger partial charge in [-0.25, -0.2) is 0 Å². The quantitative estimate of drug-likeness (QED) is 0.660. The number of benzene rings is 3. The van der Waals surface area contributed by atoms with Gasteiger partial charge in [-0.2, -0.15) is 0 Å². The maximum Gasteiger partial charge on any atom is 0.121 e. The number of para-hydroxylation sites is 1. The van der Waals surface area contributed by atoms with Crippen LogP contribution >= 0.6 is 8.81 Å². The predicted molar refractivity (Wildman–Crippen MR) is 109 cm³/mol. The fraction of sp³-hybridized carbons (Fsp3) is 0.0909. The third-order valence-electron chi connectivity index (χ3n) is 4.85. The Labute approximate surface area is 155 Å². The molecule has 2 unspecified atom stereocenters. The van der Waals surface area contributed by atoms with Gasteiger partial charge in [-0.15, -0.1) is 0 Å². The van der Waals surface area contributed by atoms with Crippen molar-refractivity contribution in [3.05, 3.63) is 90.6 Å². The lowest BCUT2D eigenvalue weighted by Gasteiger charge is -2.45. The molecule has 0 amide bonds. The normalized spacial score (nSPS) is 16.9. The Balaban J connectivity index is 1.63. The molecule has 26 heavy (non-hydrogen) atoms. The summed E-state index contributed by atoms with van der Waals surface area (Å²) in [6, 6.07) is 23.9. The lowest BCUT2D eigenvalue weighted by molar-refractivity contribution is 0.447. The minimum atomic E-state index is -0.199. The Morgan fingerprint density at radius 3 is 2.23 bits per heavy atom. The summed E-state index contributed by atoms with van der Waals surface area (Å²) in [4.78, 5) is 11.4. The van der Waals surface area contributed by atoms with Crippen molar-refractivity contribution in [2.45, 2.75) is 12.5 Å². The second-order valence-corrected chi connectivity index (χ2v) is 7.26. The van der Waals surface area contributed by atoms with Crippen LogP contribution in [-0.2, 0) is 0 Å². The van der Waals surface area contributed by atoms with E-state index in [1.165, 1.54) is 0 Å². The molecule has 3 aromatic rings. The summed E-state index contributed by atoms with van der Waals surface area (Å²) in [7, 11) is -0.199. The van der Waals surface area contributed by atoms with Crippen LogP contribution < -0.4 is 10.2 Å². The molecule has 1 heterocycles. The topological polar surface area (TPSA) is 43.7 Å². The standard InChI is InChI=1S/C22H20NO2P/c1-15-13-21(23(15)18-5-3-2-4-6-18)20-12-9-17(14-22(20)24)16-7-10-19(26-25)11-8-16/h2-12,14,21,24-26H,1,13H2. The fourth-order valence-electron chi connectivity index (χ4n) is 3.46. The van der Waals surface area contributed by atoms with Crippen LogP contribution in [0.15, 0.2) is 85.1 Å². The Kier molecular flexibility index (Phi) is 4.50. The molecule has 0 saturated carbocycles. The zero-order chi connectivity index (χ0) is 18.1. The molecular formula is C22H20NO2P. The summed E-state index contributed by atoms with van der Waals surface area (Å²) in [5, 5.41) is 11.5. The van der Waals surface area contributed by atoms with Gasteiger partial charge in [0.2, 0.25) is 0 Å². The zero-order valence-corrected chi connectivity index (χ0v) is 15.3. The number of anilines is 1. The third kappa shape index (κ3) is 3.01. The molecule has 1 saturated heterocycles. The molecule has 3 aromatic carbocycles. The van der Waals surface area contributed by atoms with Crippen LogP contribution in [0.5, 0.6) is 5.75 Å². The van der Waals surface area contributed by atoms with E-state index < -0.39 is 0 Å². The molecule has 2 atom stereocenters. The summed E-state index contributed by atoms with van der Waals surface area (Å²) in [6.07, 6.45) is 0.841. The highest BCUT2D eigenvalue weighted by molar-refractivity contribution is 7.40. The number of nitrogens with zero attached hydrogens (tertiary/aromatic N) is 1. The van der Waals surface area contributed by atoms with E-state index in [1.54, 1.807) is 0 Å². The van der Waals surface area contributed by atoms with Gasteiger partial charge in [0, 0.05) is 32.2 Å². The lowest BCUT2D eigenvalue weighted by Crippen LogP contribution is -2.38. The van der Waals surface area contributed by atoms with Crippen molar-refractivity contribution in [3.8, 4) is 16.9 Å². The van der Waals surface area contributed by atoms with Crippen LogP contribution in [0.1, 0.15) is 18.0 Å². The average molecular weight is 361 g/mol. The summed E-state index contributed by atoms with van der Waals surface area (Å²) in [5.74, 6) is 0.300. The predicted octanol–water partition coefficient (Wildman–Crippen LogP) is 4.74. The van der Waals surface area contributed by atoms with Crippen LogP contribution in [0.25, 0.3) is 11.1 Å². The maximum atomic E-state index is 10.6. The number of rotatable bonds is 4. The molecular weight excluding hydrogens is 341 g/mol. The number of hydrogen-bond donors (Lipinski definition) is 2. The number of phenolic OH excluding ortho intramolecular Hbond substituents is 1. The minimum absolute atomic E-state index is 0.108. The number of aromatic hydroxyl groups is 1. The molecule has 1 aliphatic rings. The van der Waals surface area contributed by atoms with Gasteiger partial charge in [0.05, 0.1) is 6.04 Å². The van der Waals surface area contributed by atoms with Gasteiger partial charge in [-0.3, -0.25) is 0 Å². The van der Waals surface area contributed by atoms with E-state index >= 15 is 0 Å². The number of hydrogen-bond acceptors (Lipinski definition) is 3. The van der Waals surface area contributed by atoms with Gasteiger partial charge in [0.25, 0.3) is 0 Å². The Hall–Kier alpha value is -2.61. The highest BCUT2D eigenvalue weighted by atomic mass is 31.1.